The average Bonchev–Trinajstić information content (AvgIpc) is 3.51. The molecule has 40 heavy (non-hydrogen) atoms. The number of aliphatic imine (C=N–C) groups is 1. The Bertz CT molecular complexity index is 1600. The molecule has 1 fully saturated rings. The fraction of sp³-hybridized carbons (Fsp3) is 0.312. The highest BCUT2D eigenvalue weighted by molar-refractivity contribution is 5.96. The number of allylic oxidation sites excluding steroid dienone is 6. The third kappa shape index (κ3) is 5.21. The van der Waals surface area contributed by atoms with Gasteiger partial charge in [-0.1, -0.05) is 13.0 Å². The number of fused-ring (bicyclic) bond motifs is 2. The second kappa shape index (κ2) is 11.0. The van der Waals surface area contributed by atoms with Crippen molar-refractivity contribution in [1.82, 2.24) is 14.9 Å². The average molecular weight is 535 g/mol. The molecular weight excluding hydrogens is 500 g/mol. The zero-order chi connectivity index (χ0) is 27.6. The van der Waals surface area contributed by atoms with Gasteiger partial charge in [-0.15, -0.1) is 0 Å². The molecule has 1 unspecified atom stereocenters. The second-order valence-corrected chi connectivity index (χ2v) is 10.6. The van der Waals surface area contributed by atoms with E-state index in [4.69, 9.17) is 4.74 Å². The van der Waals surface area contributed by atoms with Gasteiger partial charge in [0.15, 0.2) is 0 Å². The Morgan fingerprint density at radius 2 is 1.98 bits per heavy atom. The number of urea groups is 1. The minimum atomic E-state index is -0.0619. The predicted octanol–water partition coefficient (Wildman–Crippen LogP) is 7.46. The molecular formula is C32H34N6O2. The van der Waals surface area contributed by atoms with Crippen LogP contribution in [0.1, 0.15) is 52.0 Å². The van der Waals surface area contributed by atoms with Gasteiger partial charge in [0.05, 0.1) is 11.2 Å². The van der Waals surface area contributed by atoms with Crippen LogP contribution in [0.15, 0.2) is 76.9 Å². The lowest BCUT2D eigenvalue weighted by atomic mass is 9.93. The molecule has 1 saturated heterocycles. The molecule has 2 aliphatic heterocycles. The van der Waals surface area contributed by atoms with Crippen LogP contribution in [0.2, 0.25) is 0 Å². The van der Waals surface area contributed by atoms with Crippen molar-refractivity contribution in [3.8, 4) is 5.75 Å². The highest BCUT2D eigenvalue weighted by Crippen LogP contribution is 2.37. The Kier molecular flexibility index (Phi) is 7.07. The lowest BCUT2D eigenvalue weighted by Gasteiger charge is -2.26. The molecule has 1 aliphatic carbocycles. The van der Waals surface area contributed by atoms with Crippen LogP contribution in [0.4, 0.5) is 22.0 Å². The van der Waals surface area contributed by atoms with Crippen molar-refractivity contribution < 1.29 is 9.53 Å². The summed E-state index contributed by atoms with van der Waals surface area (Å²) in [5.41, 5.74) is 7.07. The van der Waals surface area contributed by atoms with Crippen molar-refractivity contribution in [3.63, 3.8) is 0 Å². The van der Waals surface area contributed by atoms with E-state index in [1.165, 1.54) is 11.1 Å². The van der Waals surface area contributed by atoms with E-state index >= 15 is 0 Å². The van der Waals surface area contributed by atoms with Crippen LogP contribution in [-0.2, 0) is 0 Å². The van der Waals surface area contributed by atoms with E-state index in [9.17, 15) is 4.79 Å². The first-order chi connectivity index (χ1) is 19.5. The minimum Gasteiger partial charge on any atom is -0.461 e. The first kappa shape index (κ1) is 25.8. The molecule has 2 N–H and O–H groups in total. The Hall–Kier alpha value is -4.46. The van der Waals surface area contributed by atoms with E-state index in [0.29, 0.717) is 5.82 Å². The molecule has 6 rings (SSSR count). The number of hydrogen-bond acceptors (Lipinski definition) is 6. The number of anilines is 2. The maximum Gasteiger partial charge on any atom is 0.321 e. The van der Waals surface area contributed by atoms with Gasteiger partial charge in [0.1, 0.15) is 23.7 Å². The molecule has 0 spiro atoms. The molecule has 1 aromatic heterocycles. The standard InChI is InChI=1S/C32H34N6O2/c1-4-22-11-12-33-29-18-24(8-9-25(22)29)40-30-16-20(2)28(15-21(30)3)37-31-26-17-23(7-10-27(26)34-19-35-31)36-32(39)38-13-5-6-14-38/h4,7-10,12,15,17-20H,5-6,11,13-14,16H2,1-3H3,(H,36,39)(H,34,35,37)/b22-4-. The number of carbonyl (C=O) groups is 1. The van der Waals surface area contributed by atoms with Gasteiger partial charge in [-0.25, -0.2) is 14.8 Å². The van der Waals surface area contributed by atoms with Crippen LogP contribution >= 0.6 is 0 Å². The molecule has 0 saturated carbocycles. The van der Waals surface area contributed by atoms with E-state index in [2.05, 4.69) is 64.6 Å². The lowest BCUT2D eigenvalue weighted by molar-refractivity contribution is 0.222. The molecule has 3 aliphatic rings. The number of nitrogens with one attached hydrogen (secondary N) is 2. The van der Waals surface area contributed by atoms with Crippen LogP contribution in [0, 0.1) is 5.92 Å². The zero-order valence-electron chi connectivity index (χ0n) is 23.2. The molecule has 8 heteroatoms. The first-order valence-corrected chi connectivity index (χ1v) is 14.0. The summed E-state index contributed by atoms with van der Waals surface area (Å²) in [5.74, 6) is 2.64. The lowest BCUT2D eigenvalue weighted by Crippen LogP contribution is -2.32. The van der Waals surface area contributed by atoms with Crippen molar-refractivity contribution in [2.45, 2.75) is 46.5 Å². The van der Waals surface area contributed by atoms with Crippen LogP contribution < -0.4 is 15.4 Å². The van der Waals surface area contributed by atoms with Gasteiger partial charge in [0, 0.05) is 66.5 Å². The van der Waals surface area contributed by atoms with Gasteiger partial charge in [-0.3, -0.25) is 4.99 Å². The number of ether oxygens (including phenoxy) is 1. The summed E-state index contributed by atoms with van der Waals surface area (Å²) in [4.78, 5) is 28.0. The van der Waals surface area contributed by atoms with Crippen molar-refractivity contribution in [1.29, 1.82) is 0 Å². The zero-order valence-corrected chi connectivity index (χ0v) is 23.2. The Morgan fingerprint density at radius 3 is 2.80 bits per heavy atom. The van der Waals surface area contributed by atoms with Crippen LogP contribution in [-0.4, -0.2) is 40.2 Å². The highest BCUT2D eigenvalue weighted by atomic mass is 16.5. The van der Waals surface area contributed by atoms with Crippen molar-refractivity contribution in [2.75, 3.05) is 23.7 Å². The number of likely N-dealkylation sites (tertiary alicyclic amines) is 1. The second-order valence-electron chi connectivity index (χ2n) is 10.6. The maximum atomic E-state index is 12.6. The molecule has 204 valence electrons. The first-order valence-electron chi connectivity index (χ1n) is 14.0. The van der Waals surface area contributed by atoms with E-state index < -0.39 is 0 Å². The molecule has 1 atom stereocenters. The van der Waals surface area contributed by atoms with Crippen molar-refractivity contribution in [3.05, 3.63) is 77.5 Å². The number of nitrogens with zero attached hydrogens (tertiary/aromatic N) is 4. The summed E-state index contributed by atoms with van der Waals surface area (Å²) in [7, 11) is 0. The Labute approximate surface area is 234 Å². The highest BCUT2D eigenvalue weighted by Gasteiger charge is 2.22. The SMILES string of the molecule is C/C=C1/CC=Nc2cc(OC3=C(C)C=C(Nc4ncnc5ccc(NC(=O)N6CCCC6)cc45)C(C)C3)ccc21. The van der Waals surface area contributed by atoms with Crippen LogP contribution in [0.25, 0.3) is 16.5 Å². The maximum absolute atomic E-state index is 12.6. The molecule has 0 bridgehead atoms. The third-order valence-electron chi connectivity index (χ3n) is 7.82. The number of amides is 2. The summed E-state index contributed by atoms with van der Waals surface area (Å²) in [6.07, 6.45) is 11.5. The van der Waals surface area contributed by atoms with Gasteiger partial charge >= 0.3 is 6.03 Å². The Morgan fingerprint density at radius 1 is 1.12 bits per heavy atom. The van der Waals surface area contributed by atoms with E-state index in [1.807, 2.05) is 41.4 Å². The van der Waals surface area contributed by atoms with Gasteiger partial charge in [-0.2, -0.15) is 0 Å². The number of rotatable bonds is 5. The van der Waals surface area contributed by atoms with E-state index in [-0.39, 0.29) is 11.9 Å². The van der Waals surface area contributed by atoms with Gasteiger partial charge in [0.25, 0.3) is 0 Å². The van der Waals surface area contributed by atoms with E-state index in [1.54, 1.807) is 6.33 Å². The fourth-order valence-electron chi connectivity index (χ4n) is 5.50. The number of aromatic nitrogens is 2. The monoisotopic (exact) mass is 534 g/mol. The largest absolute Gasteiger partial charge is 0.461 e. The third-order valence-corrected chi connectivity index (χ3v) is 7.82. The molecule has 0 radical (unpaired) electrons. The summed E-state index contributed by atoms with van der Waals surface area (Å²) in [6.45, 7) is 7.92. The summed E-state index contributed by atoms with van der Waals surface area (Å²) >= 11 is 0. The molecule has 3 heterocycles. The number of benzene rings is 2. The topological polar surface area (TPSA) is 91.7 Å². The molecule has 3 aromatic rings. The normalized spacial score (nSPS) is 19.6. The molecule has 2 amide bonds. The molecule has 8 nitrogen and oxygen atoms in total. The van der Waals surface area contributed by atoms with Gasteiger partial charge < -0.3 is 20.3 Å². The van der Waals surface area contributed by atoms with Crippen molar-refractivity contribution >= 4 is 45.9 Å². The van der Waals surface area contributed by atoms with Crippen LogP contribution in [0.3, 0.4) is 0 Å². The summed E-state index contributed by atoms with van der Waals surface area (Å²) < 4.78 is 6.38. The summed E-state index contributed by atoms with van der Waals surface area (Å²) in [6, 6.07) is 11.8. The predicted molar refractivity (Wildman–Crippen MR) is 161 cm³/mol. The molecule has 2 aromatic carbocycles. The number of carbonyl (C=O) groups excluding carboxylic acids is 1. The van der Waals surface area contributed by atoms with E-state index in [0.717, 1.165) is 83.8 Å². The van der Waals surface area contributed by atoms with Crippen LogP contribution in [0.5, 0.6) is 5.75 Å². The number of hydrogen-bond donors (Lipinski definition) is 2. The Balaban J connectivity index is 1.22. The summed E-state index contributed by atoms with van der Waals surface area (Å²) in [5, 5.41) is 7.43. The van der Waals surface area contributed by atoms with Gasteiger partial charge in [-0.05, 0) is 74.2 Å². The smallest absolute Gasteiger partial charge is 0.321 e. The van der Waals surface area contributed by atoms with Gasteiger partial charge in [0.2, 0.25) is 0 Å². The van der Waals surface area contributed by atoms with Crippen molar-refractivity contribution in [2.24, 2.45) is 10.9 Å². The quantitative estimate of drug-likeness (QED) is 0.355. The minimum absolute atomic E-state index is 0.0619. The fourth-order valence-corrected chi connectivity index (χ4v) is 5.50.